The monoisotopic (exact) mass is 430 g/mol. The molecule has 1 N–H and O–H groups in total. The number of hydrogen-bond donors (Lipinski definition) is 1. The van der Waals surface area contributed by atoms with Gasteiger partial charge in [-0.3, -0.25) is 4.79 Å². The third kappa shape index (κ3) is 3.16. The summed E-state index contributed by atoms with van der Waals surface area (Å²) in [6, 6.07) is 11.4. The van der Waals surface area contributed by atoms with E-state index < -0.39 is 5.41 Å². The van der Waals surface area contributed by atoms with E-state index in [1.807, 2.05) is 32.0 Å². The first kappa shape index (κ1) is 20.6. The van der Waals surface area contributed by atoms with Gasteiger partial charge >= 0.3 is 0 Å². The molecule has 164 valence electrons. The number of ketones is 1. The molecule has 1 fully saturated rings. The van der Waals surface area contributed by atoms with Gasteiger partial charge in [0.25, 0.3) is 0 Å². The number of nitrogens with zero attached hydrogens (tertiary/aromatic N) is 1. The average molecular weight is 431 g/mol. The summed E-state index contributed by atoms with van der Waals surface area (Å²) in [5, 5.41) is 10.1. The fourth-order valence-electron chi connectivity index (χ4n) is 4.73. The highest BCUT2D eigenvalue weighted by Crippen LogP contribution is 2.47. The van der Waals surface area contributed by atoms with Crippen molar-refractivity contribution in [1.29, 1.82) is 5.26 Å². The second-order valence-electron chi connectivity index (χ2n) is 9.32. The second-order valence-corrected chi connectivity index (χ2v) is 9.32. The normalized spacial score (nSPS) is 19.0. The van der Waals surface area contributed by atoms with Crippen molar-refractivity contribution < 1.29 is 19.0 Å². The van der Waals surface area contributed by atoms with E-state index in [0.717, 1.165) is 28.6 Å². The van der Waals surface area contributed by atoms with E-state index in [0.29, 0.717) is 41.4 Å². The number of H-pyrrole nitrogens is 1. The van der Waals surface area contributed by atoms with Crippen LogP contribution in [0.15, 0.2) is 30.3 Å². The molecule has 32 heavy (non-hydrogen) atoms. The minimum absolute atomic E-state index is 0.0296. The topological polar surface area (TPSA) is 84.3 Å². The Morgan fingerprint density at radius 1 is 1.22 bits per heavy atom. The Morgan fingerprint density at radius 2 is 2.03 bits per heavy atom. The first-order valence-corrected chi connectivity index (χ1v) is 11.0. The largest absolute Gasteiger partial charge is 0.487 e. The number of nitriles is 1. The van der Waals surface area contributed by atoms with Crippen molar-refractivity contribution in [2.45, 2.75) is 51.7 Å². The third-order valence-corrected chi connectivity index (χ3v) is 6.33. The molecule has 6 nitrogen and oxygen atoms in total. The number of rotatable bonds is 4. The number of carbonyl (C=O) groups is 1. The zero-order valence-electron chi connectivity index (χ0n) is 18.7. The van der Waals surface area contributed by atoms with E-state index in [1.165, 1.54) is 0 Å². The standard InChI is InChI=1S/C26H26N2O4/c1-14(2)31-21-10-18-19(11-22(21)32-16-7-8-30-13-16)26(3,4)25-23(24(18)29)17-6-5-15(12-27)9-20(17)28-25/h5-6,9-11,14,16,28H,7-8,13H2,1-4H3. The zero-order valence-corrected chi connectivity index (χ0v) is 18.7. The molecular weight excluding hydrogens is 404 g/mol. The predicted octanol–water partition coefficient (Wildman–Crippen LogP) is 4.86. The number of fused-ring (bicyclic) bond motifs is 4. The van der Waals surface area contributed by atoms with Gasteiger partial charge in [0.1, 0.15) is 6.10 Å². The second kappa shape index (κ2) is 7.39. The third-order valence-electron chi connectivity index (χ3n) is 6.33. The van der Waals surface area contributed by atoms with Crippen LogP contribution in [-0.2, 0) is 10.2 Å². The van der Waals surface area contributed by atoms with E-state index in [9.17, 15) is 10.1 Å². The highest BCUT2D eigenvalue weighted by molar-refractivity contribution is 6.20. The maximum Gasteiger partial charge on any atom is 0.195 e. The molecule has 0 spiro atoms. The molecule has 2 aliphatic rings. The van der Waals surface area contributed by atoms with Crippen LogP contribution in [0.3, 0.4) is 0 Å². The van der Waals surface area contributed by atoms with Crippen molar-refractivity contribution in [2.24, 2.45) is 0 Å². The van der Waals surface area contributed by atoms with Gasteiger partial charge in [-0.1, -0.05) is 19.9 Å². The first-order chi connectivity index (χ1) is 15.3. The molecule has 1 aliphatic heterocycles. The van der Waals surface area contributed by atoms with Gasteiger partial charge in [-0.15, -0.1) is 0 Å². The lowest BCUT2D eigenvalue weighted by atomic mass is 9.71. The lowest BCUT2D eigenvalue weighted by Crippen LogP contribution is -2.31. The summed E-state index contributed by atoms with van der Waals surface area (Å²) >= 11 is 0. The molecule has 1 atom stereocenters. The highest BCUT2D eigenvalue weighted by atomic mass is 16.6. The number of hydrogen-bond acceptors (Lipinski definition) is 5. The van der Waals surface area contributed by atoms with Crippen molar-refractivity contribution in [2.75, 3.05) is 13.2 Å². The van der Waals surface area contributed by atoms with Gasteiger partial charge in [-0.25, -0.2) is 0 Å². The van der Waals surface area contributed by atoms with Gasteiger partial charge in [0.05, 0.1) is 36.5 Å². The van der Waals surface area contributed by atoms with Crippen LogP contribution >= 0.6 is 0 Å². The molecule has 0 amide bonds. The van der Waals surface area contributed by atoms with Gasteiger partial charge in [-0.2, -0.15) is 5.26 Å². The Bertz CT molecular complexity index is 1270. The maximum absolute atomic E-state index is 13.7. The predicted molar refractivity (Wildman–Crippen MR) is 121 cm³/mol. The Balaban J connectivity index is 1.69. The Labute approximate surface area is 187 Å². The summed E-state index contributed by atoms with van der Waals surface area (Å²) in [7, 11) is 0. The molecule has 0 radical (unpaired) electrons. The van der Waals surface area contributed by atoms with Crippen LogP contribution in [0.1, 0.15) is 66.9 Å². The van der Waals surface area contributed by atoms with Gasteiger partial charge in [0.2, 0.25) is 0 Å². The van der Waals surface area contributed by atoms with Crippen LogP contribution in [0.25, 0.3) is 10.9 Å². The highest BCUT2D eigenvalue weighted by Gasteiger charge is 2.41. The van der Waals surface area contributed by atoms with Crippen LogP contribution in [0.2, 0.25) is 0 Å². The van der Waals surface area contributed by atoms with E-state index in [2.05, 4.69) is 24.9 Å². The lowest BCUT2D eigenvalue weighted by Gasteiger charge is -2.33. The zero-order chi connectivity index (χ0) is 22.6. The minimum atomic E-state index is -0.467. The maximum atomic E-state index is 13.7. The molecule has 1 unspecified atom stereocenters. The summed E-state index contributed by atoms with van der Waals surface area (Å²) in [5.41, 5.74) is 3.92. The smallest absolute Gasteiger partial charge is 0.195 e. The minimum Gasteiger partial charge on any atom is -0.487 e. The number of benzene rings is 2. The van der Waals surface area contributed by atoms with Crippen LogP contribution in [-0.4, -0.2) is 36.2 Å². The van der Waals surface area contributed by atoms with E-state index in [-0.39, 0.29) is 18.0 Å². The molecule has 1 aliphatic carbocycles. The molecular formula is C26H26N2O4. The molecule has 6 heteroatoms. The molecule has 1 saturated heterocycles. The van der Waals surface area contributed by atoms with Gasteiger partial charge in [-0.05, 0) is 43.7 Å². The molecule has 2 aromatic carbocycles. The van der Waals surface area contributed by atoms with Crippen LogP contribution in [0.5, 0.6) is 11.5 Å². The van der Waals surface area contributed by atoms with Crippen molar-refractivity contribution >= 4 is 16.7 Å². The van der Waals surface area contributed by atoms with Gasteiger partial charge in [0, 0.05) is 34.0 Å². The van der Waals surface area contributed by atoms with E-state index in [1.54, 1.807) is 12.1 Å². The number of carbonyl (C=O) groups excluding carboxylic acids is 1. The van der Waals surface area contributed by atoms with Crippen LogP contribution < -0.4 is 9.47 Å². The first-order valence-electron chi connectivity index (χ1n) is 11.0. The molecule has 0 saturated carbocycles. The summed E-state index contributed by atoms with van der Waals surface area (Å²) in [6.07, 6.45) is 0.737. The SMILES string of the molecule is CC(C)Oc1cc2c(cc1OC1CCOC1)C(C)(C)c1[nH]c3cc(C#N)ccc3c1C2=O. The molecule has 3 aromatic rings. The quantitative estimate of drug-likeness (QED) is 0.639. The average Bonchev–Trinajstić information content (AvgIpc) is 3.40. The van der Waals surface area contributed by atoms with Crippen LogP contribution in [0, 0.1) is 11.3 Å². The molecule has 2 heterocycles. The Kier molecular flexibility index (Phi) is 4.75. The number of aromatic nitrogens is 1. The summed E-state index contributed by atoms with van der Waals surface area (Å²) in [6.45, 7) is 9.35. The van der Waals surface area contributed by atoms with Crippen LogP contribution in [0.4, 0.5) is 0 Å². The van der Waals surface area contributed by atoms with Crippen molar-refractivity contribution in [1.82, 2.24) is 4.98 Å². The van der Waals surface area contributed by atoms with E-state index >= 15 is 0 Å². The lowest BCUT2D eigenvalue weighted by molar-refractivity contribution is 0.103. The summed E-state index contributed by atoms with van der Waals surface area (Å²) in [5.74, 6) is 1.17. The Morgan fingerprint density at radius 3 is 2.72 bits per heavy atom. The van der Waals surface area contributed by atoms with Gasteiger partial charge in [0.15, 0.2) is 17.3 Å². The number of ether oxygens (including phenoxy) is 3. The fraction of sp³-hybridized carbons (Fsp3) is 0.385. The van der Waals surface area contributed by atoms with Crippen molar-refractivity contribution in [3.8, 4) is 17.6 Å². The van der Waals surface area contributed by atoms with Crippen molar-refractivity contribution in [3.63, 3.8) is 0 Å². The van der Waals surface area contributed by atoms with Gasteiger partial charge < -0.3 is 19.2 Å². The molecule has 0 bridgehead atoms. The Hall–Kier alpha value is -3.30. The molecule has 5 rings (SSSR count). The van der Waals surface area contributed by atoms with Crippen molar-refractivity contribution in [3.05, 3.63) is 58.3 Å². The summed E-state index contributed by atoms with van der Waals surface area (Å²) in [4.78, 5) is 17.1. The molecule has 1 aromatic heterocycles. The summed E-state index contributed by atoms with van der Waals surface area (Å²) < 4.78 is 17.8. The van der Waals surface area contributed by atoms with E-state index in [4.69, 9.17) is 14.2 Å². The number of nitrogens with one attached hydrogen (secondary N) is 1. The number of aromatic amines is 1. The fourth-order valence-corrected chi connectivity index (χ4v) is 4.73.